The fourth-order valence-corrected chi connectivity index (χ4v) is 2.14. The molecule has 1 aromatic carbocycles. The molecule has 14 heavy (non-hydrogen) atoms. The van der Waals surface area contributed by atoms with Crippen LogP contribution in [0.1, 0.15) is 23.1 Å². The van der Waals surface area contributed by atoms with Gasteiger partial charge in [-0.2, -0.15) is 0 Å². The molecule has 0 saturated heterocycles. The topological polar surface area (TPSA) is 43.1 Å². The Balaban J connectivity index is 2.17. The monoisotopic (exact) mass is 191 g/mol. The van der Waals surface area contributed by atoms with Crippen LogP contribution in [0.5, 0.6) is 0 Å². The molecule has 2 rings (SSSR count). The Hall–Kier alpha value is -1.38. The molecule has 1 aromatic rings. The second kappa shape index (κ2) is 3.78. The highest BCUT2D eigenvalue weighted by Gasteiger charge is 2.14. The maximum atomic E-state index is 10.3. The minimum atomic E-state index is -0.242. The van der Waals surface area contributed by atoms with Gasteiger partial charge in [0, 0.05) is 11.3 Å². The number of hydrogen-bond donors (Lipinski definition) is 0. The van der Waals surface area contributed by atoms with Crippen molar-refractivity contribution in [2.45, 2.75) is 25.7 Å². The quantitative estimate of drug-likeness (QED) is 0.541. The van der Waals surface area contributed by atoms with Crippen LogP contribution in [0.25, 0.3) is 0 Å². The van der Waals surface area contributed by atoms with Crippen molar-refractivity contribution in [1.82, 2.24) is 0 Å². The summed E-state index contributed by atoms with van der Waals surface area (Å²) in [6.45, 7) is 0.0520. The van der Waals surface area contributed by atoms with Gasteiger partial charge in [-0.05, 0) is 36.0 Å². The molecule has 0 aliphatic heterocycles. The SMILES string of the molecule is O=[N+]([O-])CCc1cccc2c1CCC2. The zero-order chi connectivity index (χ0) is 9.97. The summed E-state index contributed by atoms with van der Waals surface area (Å²) in [5.74, 6) is 0. The number of nitrogens with zero attached hydrogens (tertiary/aromatic N) is 1. The van der Waals surface area contributed by atoms with Crippen LogP contribution in [0.15, 0.2) is 18.2 Å². The third-order valence-corrected chi connectivity index (χ3v) is 2.81. The van der Waals surface area contributed by atoms with E-state index in [1.807, 2.05) is 12.1 Å². The number of hydrogen-bond acceptors (Lipinski definition) is 2. The van der Waals surface area contributed by atoms with Gasteiger partial charge >= 0.3 is 0 Å². The van der Waals surface area contributed by atoms with Crippen molar-refractivity contribution in [1.29, 1.82) is 0 Å². The second-order valence-electron chi connectivity index (χ2n) is 3.71. The summed E-state index contributed by atoms with van der Waals surface area (Å²) in [6, 6.07) is 6.17. The molecule has 0 amide bonds. The first-order valence-corrected chi connectivity index (χ1v) is 4.99. The average Bonchev–Trinajstić information content (AvgIpc) is 2.62. The molecule has 0 fully saturated rings. The highest BCUT2D eigenvalue weighted by Crippen LogP contribution is 2.25. The smallest absolute Gasteiger partial charge is 0.207 e. The van der Waals surface area contributed by atoms with Crippen LogP contribution in [0.2, 0.25) is 0 Å². The van der Waals surface area contributed by atoms with Crippen LogP contribution in [-0.2, 0) is 19.3 Å². The Labute approximate surface area is 82.9 Å². The zero-order valence-electron chi connectivity index (χ0n) is 8.03. The molecule has 0 atom stereocenters. The summed E-state index contributed by atoms with van der Waals surface area (Å²) >= 11 is 0. The van der Waals surface area contributed by atoms with E-state index in [1.165, 1.54) is 23.1 Å². The minimum absolute atomic E-state index is 0.0520. The molecule has 0 radical (unpaired) electrons. The first-order valence-electron chi connectivity index (χ1n) is 4.99. The van der Waals surface area contributed by atoms with E-state index in [0.717, 1.165) is 12.8 Å². The molecule has 1 aliphatic carbocycles. The van der Waals surface area contributed by atoms with E-state index >= 15 is 0 Å². The Morgan fingerprint density at radius 1 is 1.36 bits per heavy atom. The van der Waals surface area contributed by atoms with Crippen molar-refractivity contribution in [3.8, 4) is 0 Å². The van der Waals surface area contributed by atoms with Crippen LogP contribution in [0, 0.1) is 10.1 Å². The van der Waals surface area contributed by atoms with E-state index in [0.29, 0.717) is 6.42 Å². The number of nitro groups is 1. The van der Waals surface area contributed by atoms with Crippen molar-refractivity contribution >= 4 is 0 Å². The van der Waals surface area contributed by atoms with Gasteiger partial charge in [0.15, 0.2) is 0 Å². The van der Waals surface area contributed by atoms with E-state index in [4.69, 9.17) is 0 Å². The first kappa shape index (κ1) is 9.19. The van der Waals surface area contributed by atoms with Crippen molar-refractivity contribution in [2.24, 2.45) is 0 Å². The van der Waals surface area contributed by atoms with Crippen molar-refractivity contribution in [3.63, 3.8) is 0 Å². The normalized spacial score (nSPS) is 14.0. The molecule has 0 aromatic heterocycles. The summed E-state index contributed by atoms with van der Waals surface area (Å²) < 4.78 is 0. The lowest BCUT2D eigenvalue weighted by Gasteiger charge is -2.05. The summed E-state index contributed by atoms with van der Waals surface area (Å²) in [5.41, 5.74) is 3.94. The van der Waals surface area contributed by atoms with Gasteiger partial charge in [0.25, 0.3) is 0 Å². The standard InChI is InChI=1S/C11H13NO2/c13-12(14)8-7-10-4-1-3-9-5-2-6-11(9)10/h1,3-4H,2,5-8H2. The second-order valence-corrected chi connectivity index (χ2v) is 3.71. The largest absolute Gasteiger partial charge is 0.265 e. The van der Waals surface area contributed by atoms with E-state index in [-0.39, 0.29) is 11.5 Å². The van der Waals surface area contributed by atoms with Crippen LogP contribution >= 0.6 is 0 Å². The lowest BCUT2D eigenvalue weighted by Crippen LogP contribution is -2.05. The lowest BCUT2D eigenvalue weighted by molar-refractivity contribution is -0.479. The Bertz CT molecular complexity index is 360. The first-order chi connectivity index (χ1) is 6.77. The molecule has 0 heterocycles. The zero-order valence-corrected chi connectivity index (χ0v) is 8.03. The number of fused-ring (bicyclic) bond motifs is 1. The van der Waals surface area contributed by atoms with E-state index < -0.39 is 0 Å². The molecule has 1 aliphatic rings. The predicted octanol–water partition coefficient (Wildman–Crippen LogP) is 1.99. The van der Waals surface area contributed by atoms with E-state index in [1.54, 1.807) is 0 Å². The molecule has 3 nitrogen and oxygen atoms in total. The van der Waals surface area contributed by atoms with Gasteiger partial charge in [-0.25, -0.2) is 0 Å². The third-order valence-electron chi connectivity index (χ3n) is 2.81. The maximum Gasteiger partial charge on any atom is 0.207 e. The summed E-state index contributed by atoms with van der Waals surface area (Å²) in [5, 5.41) is 10.3. The van der Waals surface area contributed by atoms with Gasteiger partial charge in [0.1, 0.15) is 0 Å². The molecule has 3 heteroatoms. The average molecular weight is 191 g/mol. The Morgan fingerprint density at radius 2 is 2.21 bits per heavy atom. The molecule has 0 spiro atoms. The predicted molar refractivity (Wildman–Crippen MR) is 54.0 cm³/mol. The van der Waals surface area contributed by atoms with Crippen LogP contribution < -0.4 is 0 Å². The molecule has 0 unspecified atom stereocenters. The minimum Gasteiger partial charge on any atom is -0.265 e. The van der Waals surface area contributed by atoms with E-state index in [2.05, 4.69) is 6.07 Å². The highest BCUT2D eigenvalue weighted by molar-refractivity contribution is 5.38. The maximum absolute atomic E-state index is 10.3. The fraction of sp³-hybridized carbons (Fsp3) is 0.455. The van der Waals surface area contributed by atoms with Crippen molar-refractivity contribution in [3.05, 3.63) is 45.0 Å². The number of aryl methyl sites for hydroxylation is 1. The van der Waals surface area contributed by atoms with Crippen molar-refractivity contribution < 1.29 is 4.92 Å². The van der Waals surface area contributed by atoms with Gasteiger partial charge in [0.05, 0.1) is 0 Å². The van der Waals surface area contributed by atoms with Crippen LogP contribution in [0.4, 0.5) is 0 Å². The van der Waals surface area contributed by atoms with Crippen molar-refractivity contribution in [2.75, 3.05) is 6.54 Å². The van der Waals surface area contributed by atoms with Crippen LogP contribution in [-0.4, -0.2) is 11.5 Å². The fourth-order valence-electron chi connectivity index (χ4n) is 2.14. The number of rotatable bonds is 3. The summed E-state index contributed by atoms with van der Waals surface area (Å²) in [4.78, 5) is 10.0. The van der Waals surface area contributed by atoms with Gasteiger partial charge < -0.3 is 0 Å². The summed E-state index contributed by atoms with van der Waals surface area (Å²) in [7, 11) is 0. The highest BCUT2D eigenvalue weighted by atomic mass is 16.6. The van der Waals surface area contributed by atoms with Gasteiger partial charge in [0.2, 0.25) is 6.54 Å². The molecular formula is C11H13NO2. The molecule has 0 saturated carbocycles. The molecular weight excluding hydrogens is 178 g/mol. The van der Waals surface area contributed by atoms with Gasteiger partial charge in [-0.3, -0.25) is 10.1 Å². The van der Waals surface area contributed by atoms with Gasteiger partial charge in [-0.15, -0.1) is 0 Å². The van der Waals surface area contributed by atoms with Crippen LogP contribution in [0.3, 0.4) is 0 Å². The molecule has 0 bridgehead atoms. The summed E-state index contributed by atoms with van der Waals surface area (Å²) in [6.07, 6.45) is 4.02. The number of benzene rings is 1. The van der Waals surface area contributed by atoms with Gasteiger partial charge in [-0.1, -0.05) is 18.2 Å². The molecule has 74 valence electrons. The van der Waals surface area contributed by atoms with E-state index in [9.17, 15) is 10.1 Å². The molecule has 0 N–H and O–H groups in total. The lowest BCUT2D eigenvalue weighted by atomic mass is 10.0. The Kier molecular flexibility index (Phi) is 2.48. The Morgan fingerprint density at radius 3 is 3.00 bits per heavy atom. The third kappa shape index (κ3) is 1.76.